The third-order valence-corrected chi connectivity index (χ3v) is 6.43. The summed E-state index contributed by atoms with van der Waals surface area (Å²) in [4.78, 5) is 40.0. The Kier molecular flexibility index (Phi) is 5.58. The highest BCUT2D eigenvalue weighted by Gasteiger charge is 2.32. The normalized spacial score (nSPS) is 18.9. The molecular weight excluding hydrogens is 388 g/mol. The van der Waals surface area contributed by atoms with E-state index < -0.39 is 17.3 Å². The Morgan fingerprint density at radius 2 is 1.90 bits per heavy atom. The molecule has 150 valence electrons. The zero-order chi connectivity index (χ0) is 20.4. The van der Waals surface area contributed by atoms with Crippen molar-refractivity contribution in [3.8, 4) is 0 Å². The molecule has 0 unspecified atom stereocenters. The molecule has 0 aromatic heterocycles. The Morgan fingerprint density at radius 1 is 1.17 bits per heavy atom. The van der Waals surface area contributed by atoms with Crippen LogP contribution in [0.25, 0.3) is 0 Å². The molecule has 7 heteroatoms. The van der Waals surface area contributed by atoms with Gasteiger partial charge in [0.15, 0.2) is 6.10 Å². The molecule has 0 saturated carbocycles. The SMILES string of the molecule is C[C@@H](OC(=O)C[C@@H]1Sc2ccccc2NC1=O)C(=O)N1CCc2ccccc2C1. The molecule has 0 saturated heterocycles. The maximum Gasteiger partial charge on any atom is 0.308 e. The summed E-state index contributed by atoms with van der Waals surface area (Å²) < 4.78 is 5.37. The van der Waals surface area contributed by atoms with E-state index in [1.807, 2.05) is 42.5 Å². The summed E-state index contributed by atoms with van der Waals surface area (Å²) >= 11 is 1.34. The number of thioether (sulfide) groups is 1. The molecule has 2 heterocycles. The number of hydrogen-bond donors (Lipinski definition) is 1. The van der Waals surface area contributed by atoms with Gasteiger partial charge in [0.05, 0.1) is 17.4 Å². The Labute approximate surface area is 173 Å². The molecule has 0 aliphatic carbocycles. The van der Waals surface area contributed by atoms with E-state index in [9.17, 15) is 14.4 Å². The van der Waals surface area contributed by atoms with Gasteiger partial charge in [-0.2, -0.15) is 0 Å². The van der Waals surface area contributed by atoms with Crippen LogP contribution >= 0.6 is 11.8 Å². The standard InChI is InChI=1S/C22H22N2O4S/c1-14(22(27)24-11-10-15-6-2-3-7-16(15)13-24)28-20(25)12-19-21(26)23-17-8-4-5-9-18(17)29-19/h2-9,14,19H,10-13H2,1H3,(H,23,26)/t14-,19+/m1/s1. The predicted octanol–water partition coefficient (Wildman–Crippen LogP) is 3.01. The van der Waals surface area contributed by atoms with E-state index in [2.05, 4.69) is 11.4 Å². The van der Waals surface area contributed by atoms with Crippen molar-refractivity contribution in [2.75, 3.05) is 11.9 Å². The van der Waals surface area contributed by atoms with Gasteiger partial charge in [0.1, 0.15) is 0 Å². The van der Waals surface area contributed by atoms with E-state index in [1.54, 1.807) is 11.8 Å². The molecule has 29 heavy (non-hydrogen) atoms. The number of benzene rings is 2. The van der Waals surface area contributed by atoms with Crippen LogP contribution in [0.15, 0.2) is 53.4 Å². The molecule has 2 atom stereocenters. The summed E-state index contributed by atoms with van der Waals surface area (Å²) in [5.74, 6) is -0.980. The van der Waals surface area contributed by atoms with Crippen LogP contribution in [-0.2, 0) is 32.1 Å². The summed E-state index contributed by atoms with van der Waals surface area (Å²) in [7, 11) is 0. The highest BCUT2D eigenvalue weighted by Crippen LogP contribution is 2.36. The molecule has 2 aliphatic rings. The minimum atomic E-state index is -0.878. The molecule has 0 bridgehead atoms. The van der Waals surface area contributed by atoms with Crippen LogP contribution in [0.1, 0.15) is 24.5 Å². The predicted molar refractivity (Wildman–Crippen MR) is 110 cm³/mol. The largest absolute Gasteiger partial charge is 0.452 e. The van der Waals surface area contributed by atoms with Crippen molar-refractivity contribution < 1.29 is 19.1 Å². The number of fused-ring (bicyclic) bond motifs is 2. The number of carbonyl (C=O) groups is 3. The molecule has 1 N–H and O–H groups in total. The summed E-state index contributed by atoms with van der Waals surface area (Å²) in [5.41, 5.74) is 3.13. The van der Waals surface area contributed by atoms with Gasteiger partial charge in [-0.15, -0.1) is 11.8 Å². The summed E-state index contributed by atoms with van der Waals surface area (Å²) in [5, 5.41) is 2.24. The number of hydrogen-bond acceptors (Lipinski definition) is 5. The first-order valence-electron chi connectivity index (χ1n) is 9.63. The van der Waals surface area contributed by atoms with E-state index in [0.717, 1.165) is 22.6 Å². The van der Waals surface area contributed by atoms with Crippen LogP contribution in [0.5, 0.6) is 0 Å². The van der Waals surface area contributed by atoms with Crippen LogP contribution in [-0.4, -0.2) is 40.6 Å². The first-order valence-corrected chi connectivity index (χ1v) is 10.5. The maximum absolute atomic E-state index is 12.7. The zero-order valence-corrected chi connectivity index (χ0v) is 16.9. The Hall–Kier alpha value is -2.80. The number of para-hydroxylation sites is 1. The number of carbonyl (C=O) groups excluding carboxylic acids is 3. The van der Waals surface area contributed by atoms with E-state index in [4.69, 9.17) is 4.74 Å². The van der Waals surface area contributed by atoms with Crippen molar-refractivity contribution in [1.82, 2.24) is 4.90 Å². The zero-order valence-electron chi connectivity index (χ0n) is 16.1. The van der Waals surface area contributed by atoms with Gasteiger partial charge in [-0.3, -0.25) is 14.4 Å². The maximum atomic E-state index is 12.7. The van der Waals surface area contributed by atoms with Gasteiger partial charge in [0.2, 0.25) is 5.91 Å². The van der Waals surface area contributed by atoms with Gasteiger partial charge in [-0.1, -0.05) is 36.4 Å². The number of esters is 1. The first kappa shape index (κ1) is 19.5. The van der Waals surface area contributed by atoms with E-state index in [-0.39, 0.29) is 18.2 Å². The second kappa shape index (κ2) is 8.29. The van der Waals surface area contributed by atoms with Gasteiger partial charge in [-0.05, 0) is 36.6 Å². The lowest BCUT2D eigenvalue weighted by molar-refractivity contribution is -0.159. The Balaban J connectivity index is 1.33. The number of nitrogens with one attached hydrogen (secondary N) is 1. The molecule has 0 fully saturated rings. The van der Waals surface area contributed by atoms with E-state index in [0.29, 0.717) is 13.1 Å². The average Bonchev–Trinajstić information content (AvgIpc) is 2.73. The first-order chi connectivity index (χ1) is 14.0. The van der Waals surface area contributed by atoms with Crippen LogP contribution in [0.2, 0.25) is 0 Å². The second-order valence-electron chi connectivity index (χ2n) is 7.21. The fourth-order valence-corrected chi connectivity index (χ4v) is 4.71. The number of nitrogens with zero attached hydrogens (tertiary/aromatic N) is 1. The monoisotopic (exact) mass is 410 g/mol. The highest BCUT2D eigenvalue weighted by atomic mass is 32.2. The van der Waals surface area contributed by atoms with Gasteiger partial charge in [0, 0.05) is 18.0 Å². The van der Waals surface area contributed by atoms with E-state index in [1.165, 1.54) is 17.3 Å². The van der Waals surface area contributed by atoms with Gasteiger partial charge in [0.25, 0.3) is 5.91 Å². The Bertz CT molecular complexity index is 961. The van der Waals surface area contributed by atoms with Gasteiger partial charge >= 0.3 is 5.97 Å². The average molecular weight is 410 g/mol. The molecule has 0 radical (unpaired) electrons. The lowest BCUT2D eigenvalue weighted by Gasteiger charge is -2.31. The molecule has 4 rings (SSSR count). The van der Waals surface area contributed by atoms with Gasteiger partial charge < -0.3 is 15.0 Å². The minimum absolute atomic E-state index is 0.0781. The third-order valence-electron chi connectivity index (χ3n) is 5.16. The Morgan fingerprint density at radius 3 is 2.72 bits per heavy atom. The van der Waals surface area contributed by atoms with Crippen molar-refractivity contribution in [1.29, 1.82) is 0 Å². The molecule has 0 spiro atoms. The summed E-state index contributed by atoms with van der Waals surface area (Å²) in [6, 6.07) is 15.5. The lowest BCUT2D eigenvalue weighted by atomic mass is 9.99. The van der Waals surface area contributed by atoms with E-state index >= 15 is 0 Å². The number of anilines is 1. The topological polar surface area (TPSA) is 75.7 Å². The fraction of sp³-hybridized carbons (Fsp3) is 0.318. The molecule has 2 amide bonds. The summed E-state index contributed by atoms with van der Waals surface area (Å²) in [6.45, 7) is 2.72. The van der Waals surface area contributed by atoms with Crippen molar-refractivity contribution in [3.63, 3.8) is 0 Å². The van der Waals surface area contributed by atoms with Crippen LogP contribution in [0.4, 0.5) is 5.69 Å². The van der Waals surface area contributed by atoms with Crippen molar-refractivity contribution in [2.45, 2.75) is 42.6 Å². The van der Waals surface area contributed by atoms with Crippen molar-refractivity contribution in [3.05, 3.63) is 59.7 Å². The molecule has 6 nitrogen and oxygen atoms in total. The van der Waals surface area contributed by atoms with Crippen molar-refractivity contribution >= 4 is 35.2 Å². The second-order valence-corrected chi connectivity index (χ2v) is 8.45. The smallest absolute Gasteiger partial charge is 0.308 e. The number of amides is 2. The van der Waals surface area contributed by atoms with Crippen LogP contribution in [0, 0.1) is 0 Å². The third kappa shape index (κ3) is 4.29. The molecule has 2 aromatic rings. The molecule has 2 aromatic carbocycles. The number of ether oxygens (including phenoxy) is 1. The lowest BCUT2D eigenvalue weighted by Crippen LogP contribution is -2.43. The van der Waals surface area contributed by atoms with Crippen LogP contribution < -0.4 is 5.32 Å². The molecular formula is C22H22N2O4S. The fourth-order valence-electron chi connectivity index (χ4n) is 3.62. The number of rotatable bonds is 4. The summed E-state index contributed by atoms with van der Waals surface area (Å²) in [6.07, 6.45) is -0.164. The van der Waals surface area contributed by atoms with Crippen molar-refractivity contribution in [2.24, 2.45) is 0 Å². The molecule has 2 aliphatic heterocycles. The quantitative estimate of drug-likeness (QED) is 0.785. The van der Waals surface area contributed by atoms with Crippen LogP contribution in [0.3, 0.4) is 0 Å². The highest BCUT2D eigenvalue weighted by molar-refractivity contribution is 8.01. The van der Waals surface area contributed by atoms with Gasteiger partial charge in [-0.25, -0.2) is 0 Å². The minimum Gasteiger partial charge on any atom is -0.452 e.